The SMILES string of the molecule is CC(N)C(c1ccccc1Cl)N(C)C1CCCCC1O. The molecule has 2 rings (SSSR count). The Morgan fingerprint density at radius 3 is 2.55 bits per heavy atom. The van der Waals surface area contributed by atoms with E-state index in [9.17, 15) is 5.11 Å². The van der Waals surface area contributed by atoms with Gasteiger partial charge in [-0.25, -0.2) is 0 Å². The highest BCUT2D eigenvalue weighted by molar-refractivity contribution is 6.31. The normalized spacial score (nSPS) is 26.5. The van der Waals surface area contributed by atoms with Crippen LogP contribution in [0.2, 0.25) is 5.02 Å². The van der Waals surface area contributed by atoms with Gasteiger partial charge in [-0.15, -0.1) is 0 Å². The average molecular weight is 297 g/mol. The highest BCUT2D eigenvalue weighted by Gasteiger charge is 2.33. The van der Waals surface area contributed by atoms with Crippen LogP contribution >= 0.6 is 11.6 Å². The number of aliphatic hydroxyl groups excluding tert-OH is 1. The number of halogens is 1. The lowest BCUT2D eigenvalue weighted by atomic mass is 9.88. The minimum Gasteiger partial charge on any atom is -0.391 e. The monoisotopic (exact) mass is 296 g/mol. The number of rotatable bonds is 4. The lowest BCUT2D eigenvalue weighted by Crippen LogP contribution is -2.49. The van der Waals surface area contributed by atoms with E-state index in [4.69, 9.17) is 17.3 Å². The third kappa shape index (κ3) is 3.34. The molecule has 0 heterocycles. The van der Waals surface area contributed by atoms with Gasteiger partial charge in [0.05, 0.1) is 12.1 Å². The van der Waals surface area contributed by atoms with E-state index in [2.05, 4.69) is 11.9 Å². The van der Waals surface area contributed by atoms with Gasteiger partial charge in [0.15, 0.2) is 0 Å². The van der Waals surface area contributed by atoms with Crippen molar-refractivity contribution in [2.24, 2.45) is 5.73 Å². The molecule has 0 bridgehead atoms. The Labute approximate surface area is 126 Å². The summed E-state index contributed by atoms with van der Waals surface area (Å²) in [6.45, 7) is 2.00. The Kier molecular flexibility index (Phi) is 5.44. The van der Waals surface area contributed by atoms with Gasteiger partial charge in [0.25, 0.3) is 0 Å². The second kappa shape index (κ2) is 6.90. The van der Waals surface area contributed by atoms with Crippen LogP contribution in [0.1, 0.15) is 44.2 Å². The van der Waals surface area contributed by atoms with Crippen molar-refractivity contribution in [3.63, 3.8) is 0 Å². The fourth-order valence-electron chi connectivity index (χ4n) is 3.36. The summed E-state index contributed by atoms with van der Waals surface area (Å²) in [5.41, 5.74) is 7.25. The number of nitrogens with zero attached hydrogens (tertiary/aromatic N) is 1. The second-order valence-electron chi connectivity index (χ2n) is 5.91. The Morgan fingerprint density at radius 2 is 1.95 bits per heavy atom. The van der Waals surface area contributed by atoms with Crippen LogP contribution in [-0.4, -0.2) is 35.2 Å². The molecule has 0 aromatic heterocycles. The summed E-state index contributed by atoms with van der Waals surface area (Å²) in [4.78, 5) is 2.22. The van der Waals surface area contributed by atoms with Crippen molar-refractivity contribution < 1.29 is 5.11 Å². The van der Waals surface area contributed by atoms with Gasteiger partial charge < -0.3 is 10.8 Å². The predicted molar refractivity (Wildman–Crippen MR) is 83.9 cm³/mol. The summed E-state index contributed by atoms with van der Waals surface area (Å²) in [5.74, 6) is 0. The summed E-state index contributed by atoms with van der Waals surface area (Å²) in [5, 5.41) is 11.0. The van der Waals surface area contributed by atoms with Crippen LogP contribution in [0.4, 0.5) is 0 Å². The minimum absolute atomic E-state index is 0.0291. The van der Waals surface area contributed by atoms with Crippen molar-refractivity contribution in [1.82, 2.24) is 4.90 Å². The van der Waals surface area contributed by atoms with Crippen LogP contribution in [0.25, 0.3) is 0 Å². The fourth-order valence-corrected chi connectivity index (χ4v) is 3.61. The number of nitrogens with two attached hydrogens (primary N) is 1. The Hall–Kier alpha value is -0.610. The molecule has 0 saturated heterocycles. The first kappa shape index (κ1) is 15.8. The molecule has 1 aromatic rings. The maximum atomic E-state index is 10.3. The van der Waals surface area contributed by atoms with Gasteiger partial charge in [-0.2, -0.15) is 0 Å². The summed E-state index contributed by atoms with van der Waals surface area (Å²) < 4.78 is 0. The van der Waals surface area contributed by atoms with Crippen molar-refractivity contribution >= 4 is 11.6 Å². The van der Waals surface area contributed by atoms with Crippen molar-refractivity contribution in [3.05, 3.63) is 34.9 Å². The topological polar surface area (TPSA) is 49.5 Å². The van der Waals surface area contributed by atoms with Gasteiger partial charge in [0.2, 0.25) is 0 Å². The quantitative estimate of drug-likeness (QED) is 0.898. The van der Waals surface area contributed by atoms with E-state index in [0.717, 1.165) is 29.8 Å². The van der Waals surface area contributed by atoms with Crippen molar-refractivity contribution in [2.45, 2.75) is 56.8 Å². The fraction of sp³-hybridized carbons (Fsp3) is 0.625. The zero-order valence-corrected chi connectivity index (χ0v) is 13.1. The molecule has 1 aliphatic carbocycles. The Balaban J connectivity index is 2.26. The van der Waals surface area contributed by atoms with E-state index in [1.807, 2.05) is 31.2 Å². The molecule has 1 aliphatic rings. The average Bonchev–Trinajstić information content (AvgIpc) is 2.41. The third-order valence-corrected chi connectivity index (χ3v) is 4.72. The zero-order chi connectivity index (χ0) is 14.7. The zero-order valence-electron chi connectivity index (χ0n) is 12.3. The second-order valence-corrected chi connectivity index (χ2v) is 6.32. The first-order valence-corrected chi connectivity index (χ1v) is 7.80. The summed E-state index contributed by atoms with van der Waals surface area (Å²) in [6, 6.07) is 7.99. The molecule has 20 heavy (non-hydrogen) atoms. The lowest BCUT2D eigenvalue weighted by molar-refractivity contribution is 0.00793. The summed E-state index contributed by atoms with van der Waals surface area (Å²) >= 11 is 6.34. The Morgan fingerprint density at radius 1 is 1.30 bits per heavy atom. The van der Waals surface area contributed by atoms with Crippen LogP contribution < -0.4 is 5.73 Å². The number of hydrogen-bond acceptors (Lipinski definition) is 3. The number of benzene rings is 1. The van der Waals surface area contributed by atoms with Crippen LogP contribution in [0, 0.1) is 0 Å². The maximum absolute atomic E-state index is 10.3. The maximum Gasteiger partial charge on any atom is 0.0695 e. The molecular formula is C16H25ClN2O. The highest BCUT2D eigenvalue weighted by Crippen LogP contribution is 2.33. The van der Waals surface area contributed by atoms with E-state index in [-0.39, 0.29) is 24.2 Å². The van der Waals surface area contributed by atoms with Gasteiger partial charge in [0, 0.05) is 17.1 Å². The molecule has 1 fully saturated rings. The molecular weight excluding hydrogens is 272 g/mol. The van der Waals surface area contributed by atoms with E-state index in [0.29, 0.717) is 0 Å². The first-order valence-electron chi connectivity index (χ1n) is 7.42. The smallest absolute Gasteiger partial charge is 0.0695 e. The molecule has 112 valence electrons. The van der Waals surface area contributed by atoms with Crippen LogP contribution in [0.5, 0.6) is 0 Å². The van der Waals surface area contributed by atoms with E-state index in [1.54, 1.807) is 0 Å². The molecule has 3 N–H and O–H groups in total. The molecule has 4 atom stereocenters. The molecule has 0 aliphatic heterocycles. The highest BCUT2D eigenvalue weighted by atomic mass is 35.5. The molecule has 1 aromatic carbocycles. The van der Waals surface area contributed by atoms with Crippen LogP contribution in [0.3, 0.4) is 0 Å². The Bertz CT molecular complexity index is 438. The number of likely N-dealkylation sites (N-methyl/N-ethyl adjacent to an activating group) is 1. The number of aliphatic hydroxyl groups is 1. The van der Waals surface area contributed by atoms with Crippen LogP contribution in [-0.2, 0) is 0 Å². The van der Waals surface area contributed by atoms with Crippen molar-refractivity contribution in [3.8, 4) is 0 Å². The molecule has 1 saturated carbocycles. The molecule has 0 amide bonds. The first-order chi connectivity index (χ1) is 9.52. The number of hydrogen-bond donors (Lipinski definition) is 2. The van der Waals surface area contributed by atoms with Crippen molar-refractivity contribution in [2.75, 3.05) is 7.05 Å². The molecule has 3 nitrogen and oxygen atoms in total. The summed E-state index contributed by atoms with van der Waals surface area (Å²) in [6.07, 6.45) is 3.91. The van der Waals surface area contributed by atoms with Gasteiger partial charge in [-0.05, 0) is 38.4 Å². The molecule has 0 spiro atoms. The van der Waals surface area contributed by atoms with E-state index >= 15 is 0 Å². The van der Waals surface area contributed by atoms with E-state index in [1.165, 1.54) is 6.42 Å². The molecule has 4 heteroatoms. The van der Waals surface area contributed by atoms with E-state index < -0.39 is 0 Å². The van der Waals surface area contributed by atoms with Gasteiger partial charge >= 0.3 is 0 Å². The molecule has 4 unspecified atom stereocenters. The van der Waals surface area contributed by atoms with Crippen LogP contribution in [0.15, 0.2) is 24.3 Å². The third-order valence-electron chi connectivity index (χ3n) is 4.38. The van der Waals surface area contributed by atoms with Gasteiger partial charge in [-0.1, -0.05) is 42.6 Å². The predicted octanol–water partition coefficient (Wildman–Crippen LogP) is 2.96. The van der Waals surface area contributed by atoms with Gasteiger partial charge in [0.1, 0.15) is 0 Å². The lowest BCUT2D eigenvalue weighted by Gasteiger charge is -2.41. The van der Waals surface area contributed by atoms with Crippen molar-refractivity contribution in [1.29, 1.82) is 0 Å². The standard InChI is InChI=1S/C16H25ClN2O/c1-11(18)16(12-7-3-4-8-13(12)17)19(2)14-9-5-6-10-15(14)20/h3-4,7-8,11,14-16,20H,5-6,9-10,18H2,1-2H3. The van der Waals surface area contributed by atoms with Gasteiger partial charge in [-0.3, -0.25) is 4.90 Å². The minimum atomic E-state index is -0.266. The molecule has 0 radical (unpaired) electrons. The summed E-state index contributed by atoms with van der Waals surface area (Å²) in [7, 11) is 2.05. The largest absolute Gasteiger partial charge is 0.391 e.